The van der Waals surface area contributed by atoms with Crippen LogP contribution in [0.4, 0.5) is 0 Å². The second-order valence-electron chi connectivity index (χ2n) is 13.4. The Kier molecular flexibility index (Phi) is 6.25. The van der Waals surface area contributed by atoms with Crippen molar-refractivity contribution in [2.75, 3.05) is 0 Å². The zero-order valence-electron chi connectivity index (χ0n) is 22.1. The highest BCUT2D eigenvalue weighted by Crippen LogP contribution is 2.74. The lowest BCUT2D eigenvalue weighted by Crippen LogP contribution is -2.60. The number of allylic oxidation sites excluding steroid dienone is 1. The van der Waals surface area contributed by atoms with Gasteiger partial charge in [0, 0.05) is 6.42 Å². The third kappa shape index (κ3) is 3.67. The van der Waals surface area contributed by atoms with Crippen molar-refractivity contribution in [2.45, 2.75) is 117 Å². The van der Waals surface area contributed by atoms with Crippen molar-refractivity contribution in [3.8, 4) is 0 Å². The number of fused-ring (bicyclic) bond motifs is 3. The summed E-state index contributed by atoms with van der Waals surface area (Å²) in [5, 5.41) is 9.55. The second kappa shape index (κ2) is 8.25. The molecular formula is C30H48O3. The van der Waals surface area contributed by atoms with Crippen molar-refractivity contribution in [3.05, 3.63) is 24.3 Å². The van der Waals surface area contributed by atoms with E-state index in [0.29, 0.717) is 29.1 Å². The zero-order valence-corrected chi connectivity index (χ0v) is 22.1. The van der Waals surface area contributed by atoms with Crippen LogP contribution in [0.15, 0.2) is 24.3 Å². The van der Waals surface area contributed by atoms with Crippen LogP contribution in [0.2, 0.25) is 0 Å². The summed E-state index contributed by atoms with van der Waals surface area (Å²) in [7, 11) is 0. The van der Waals surface area contributed by atoms with Gasteiger partial charge in [-0.25, -0.2) is 0 Å². The van der Waals surface area contributed by atoms with Gasteiger partial charge in [0.2, 0.25) is 0 Å². The molecule has 1 aliphatic heterocycles. The fourth-order valence-electron chi connectivity index (χ4n) is 9.86. The molecule has 0 radical (unpaired) electrons. The van der Waals surface area contributed by atoms with Gasteiger partial charge in [0.15, 0.2) is 0 Å². The van der Waals surface area contributed by atoms with E-state index in [-0.39, 0.29) is 29.0 Å². The molecular weight excluding hydrogens is 408 g/mol. The number of hydrogen-bond acceptors (Lipinski definition) is 2. The number of carbonyl (C=O) groups is 1. The van der Waals surface area contributed by atoms with Crippen LogP contribution in [0.25, 0.3) is 0 Å². The number of rotatable bonds is 6. The van der Waals surface area contributed by atoms with Gasteiger partial charge in [-0.05, 0) is 118 Å². The summed E-state index contributed by atoms with van der Waals surface area (Å²) in [6, 6.07) is 0. The van der Waals surface area contributed by atoms with Crippen molar-refractivity contribution >= 4 is 5.97 Å². The van der Waals surface area contributed by atoms with Crippen LogP contribution >= 0.6 is 0 Å². The quantitative estimate of drug-likeness (QED) is 0.415. The Bertz CT molecular complexity index is 830. The van der Waals surface area contributed by atoms with Gasteiger partial charge in [0.1, 0.15) is 0 Å². The van der Waals surface area contributed by atoms with Gasteiger partial charge >= 0.3 is 5.97 Å². The van der Waals surface area contributed by atoms with E-state index in [1.54, 1.807) is 0 Å². The van der Waals surface area contributed by atoms with Crippen LogP contribution in [-0.4, -0.2) is 22.8 Å². The Balaban J connectivity index is 1.65. The average Bonchev–Trinajstić information content (AvgIpc) is 3.29. The first-order chi connectivity index (χ1) is 15.3. The molecule has 9 atom stereocenters. The minimum absolute atomic E-state index is 0.0160. The molecule has 1 N–H and O–H groups in total. The molecule has 0 bridgehead atoms. The maximum Gasteiger partial charge on any atom is 0.303 e. The highest BCUT2D eigenvalue weighted by molar-refractivity contribution is 5.66. The maximum atomic E-state index is 11.6. The Labute approximate surface area is 202 Å². The molecule has 1 heterocycles. The molecule has 0 spiro atoms. The molecule has 0 aromatic carbocycles. The highest BCUT2D eigenvalue weighted by atomic mass is 16.5. The van der Waals surface area contributed by atoms with E-state index in [9.17, 15) is 9.90 Å². The van der Waals surface area contributed by atoms with Crippen LogP contribution in [0.5, 0.6) is 0 Å². The first kappa shape index (κ1) is 25.0. The van der Waals surface area contributed by atoms with E-state index in [2.05, 4.69) is 54.7 Å². The molecule has 1 saturated heterocycles. The molecule has 3 saturated carbocycles. The minimum Gasteiger partial charge on any atom is -0.481 e. The van der Waals surface area contributed by atoms with Crippen LogP contribution < -0.4 is 0 Å². The van der Waals surface area contributed by atoms with Crippen molar-refractivity contribution in [1.82, 2.24) is 0 Å². The van der Waals surface area contributed by atoms with Crippen LogP contribution in [0.3, 0.4) is 0 Å². The Morgan fingerprint density at radius 2 is 1.55 bits per heavy atom. The van der Waals surface area contributed by atoms with Gasteiger partial charge in [0.25, 0.3) is 0 Å². The molecule has 186 valence electrons. The number of ether oxygens (including phenoxy) is 1. The van der Waals surface area contributed by atoms with Crippen molar-refractivity contribution in [1.29, 1.82) is 0 Å². The van der Waals surface area contributed by atoms with E-state index in [1.807, 2.05) is 0 Å². The molecule has 3 aliphatic carbocycles. The van der Waals surface area contributed by atoms with Gasteiger partial charge in [-0.3, -0.25) is 4.79 Å². The predicted octanol–water partition coefficient (Wildman–Crippen LogP) is 7.81. The van der Waals surface area contributed by atoms with Crippen LogP contribution in [0, 0.1) is 39.9 Å². The molecule has 4 aliphatic rings. The predicted molar refractivity (Wildman–Crippen MR) is 135 cm³/mol. The maximum absolute atomic E-state index is 11.6. The van der Waals surface area contributed by atoms with Gasteiger partial charge in [-0.15, -0.1) is 0 Å². The molecule has 3 nitrogen and oxygen atoms in total. The third-order valence-electron chi connectivity index (χ3n) is 11.8. The molecule has 33 heavy (non-hydrogen) atoms. The summed E-state index contributed by atoms with van der Waals surface area (Å²) in [4.78, 5) is 11.6. The monoisotopic (exact) mass is 456 g/mol. The molecule has 0 aromatic rings. The van der Waals surface area contributed by atoms with E-state index < -0.39 is 5.97 Å². The lowest BCUT2D eigenvalue weighted by molar-refractivity contribution is -0.180. The third-order valence-corrected chi connectivity index (χ3v) is 11.8. The molecule has 4 rings (SSSR count). The summed E-state index contributed by atoms with van der Waals surface area (Å²) in [5.41, 5.74) is 2.94. The second-order valence-corrected chi connectivity index (χ2v) is 13.4. The molecule has 0 amide bonds. The fourth-order valence-corrected chi connectivity index (χ4v) is 9.86. The van der Waals surface area contributed by atoms with E-state index in [1.165, 1.54) is 43.3 Å². The molecule has 1 unspecified atom stereocenters. The first-order valence-corrected chi connectivity index (χ1v) is 13.5. The van der Waals surface area contributed by atoms with Gasteiger partial charge in [-0.2, -0.15) is 0 Å². The normalized spacial score (nSPS) is 49.3. The summed E-state index contributed by atoms with van der Waals surface area (Å²) in [6.07, 6.45) is 10.9. The summed E-state index contributed by atoms with van der Waals surface area (Å²) in [5.74, 6) is 1.63. The van der Waals surface area contributed by atoms with Gasteiger partial charge < -0.3 is 9.84 Å². The van der Waals surface area contributed by atoms with Crippen molar-refractivity contribution in [2.24, 2.45) is 39.9 Å². The average molecular weight is 457 g/mol. The number of carboxylic acids is 1. The summed E-state index contributed by atoms with van der Waals surface area (Å²) in [6.45, 7) is 22.8. The lowest BCUT2D eigenvalue weighted by atomic mass is 9.38. The van der Waals surface area contributed by atoms with E-state index in [0.717, 1.165) is 25.7 Å². The van der Waals surface area contributed by atoms with Crippen molar-refractivity contribution < 1.29 is 14.6 Å². The molecule has 4 fully saturated rings. The van der Waals surface area contributed by atoms with Gasteiger partial charge in [-0.1, -0.05) is 45.1 Å². The molecule has 3 heteroatoms. The van der Waals surface area contributed by atoms with E-state index >= 15 is 0 Å². The SMILES string of the molecule is C=C(C)C1CC[C@@](C)([C@H]2CC[C@]3(C)[C@@H]2CC[C@@H]2[C@@](C)(CCC(=O)O)[C@H](C(=C)C)CC[C@]23C)O1. The Morgan fingerprint density at radius 1 is 0.879 bits per heavy atom. The lowest BCUT2D eigenvalue weighted by Gasteiger charge is -2.66. The number of carboxylic acid groups (broad SMARTS) is 1. The number of hydrogen-bond donors (Lipinski definition) is 1. The standard InChI is InChI=1S/C30H48O3/c1-19(2)21-11-17-29(7)25(27(21,5)15-14-26(31)32)10-9-22-23(12-16-28(22,29)6)30(8)18-13-24(33-30)20(3)4/h21-25H,1,3,9-18H2,2,4-8H3,(H,31,32)/t21-,22+,23-,24?,25+,27-,28+,29+,30-/m0/s1. The van der Waals surface area contributed by atoms with E-state index in [4.69, 9.17) is 4.74 Å². The first-order valence-electron chi connectivity index (χ1n) is 13.5. The number of aliphatic carboxylic acids is 1. The minimum atomic E-state index is -0.664. The van der Waals surface area contributed by atoms with Crippen LogP contribution in [0.1, 0.15) is 106 Å². The van der Waals surface area contributed by atoms with Gasteiger partial charge in [0.05, 0.1) is 11.7 Å². The summed E-state index contributed by atoms with van der Waals surface area (Å²) >= 11 is 0. The largest absolute Gasteiger partial charge is 0.481 e. The summed E-state index contributed by atoms with van der Waals surface area (Å²) < 4.78 is 6.74. The zero-order chi connectivity index (χ0) is 24.4. The smallest absolute Gasteiger partial charge is 0.303 e. The Hall–Kier alpha value is -1.09. The molecule has 0 aromatic heterocycles. The van der Waals surface area contributed by atoms with Crippen LogP contribution in [-0.2, 0) is 9.53 Å². The topological polar surface area (TPSA) is 46.5 Å². The Morgan fingerprint density at radius 3 is 2.12 bits per heavy atom. The van der Waals surface area contributed by atoms with Crippen molar-refractivity contribution in [3.63, 3.8) is 0 Å². The highest BCUT2D eigenvalue weighted by Gasteiger charge is 2.67. The fraction of sp³-hybridized carbons (Fsp3) is 0.833.